The minimum absolute atomic E-state index is 0.0000574. The number of allylic oxidation sites excluding steroid dienone is 1. The monoisotopic (exact) mass is 682 g/mol. The van der Waals surface area contributed by atoms with Crippen LogP contribution in [-0.2, 0) is 19.3 Å². The van der Waals surface area contributed by atoms with E-state index in [0.717, 1.165) is 18.4 Å². The summed E-state index contributed by atoms with van der Waals surface area (Å²) in [5.41, 5.74) is -3.32. The first-order valence-electron chi connectivity index (χ1n) is 17.9. The molecular formula is C36H58O12. The fourth-order valence-corrected chi connectivity index (χ4v) is 12.3. The first-order valence-corrected chi connectivity index (χ1v) is 17.9. The van der Waals surface area contributed by atoms with Gasteiger partial charge in [-0.25, -0.2) is 4.79 Å². The molecule has 1 heterocycles. The Hall–Kier alpha value is -1.19. The molecule has 5 aliphatic carbocycles. The molecule has 1 saturated heterocycles. The zero-order valence-corrected chi connectivity index (χ0v) is 29.2. The third kappa shape index (κ3) is 4.73. The van der Waals surface area contributed by atoms with Gasteiger partial charge in [-0.3, -0.25) is 4.89 Å². The van der Waals surface area contributed by atoms with Crippen molar-refractivity contribution in [3.05, 3.63) is 11.6 Å². The molecule has 0 bridgehead atoms. The number of carbonyl (C=O) groups excluding carboxylic acids is 1. The Balaban J connectivity index is 1.35. The Morgan fingerprint density at radius 2 is 1.60 bits per heavy atom. The third-order valence-corrected chi connectivity index (χ3v) is 15.6. The van der Waals surface area contributed by atoms with Crippen LogP contribution in [0.5, 0.6) is 0 Å². The normalized spacial score (nSPS) is 56.5. The van der Waals surface area contributed by atoms with Gasteiger partial charge < -0.3 is 45.6 Å². The van der Waals surface area contributed by atoms with Crippen molar-refractivity contribution in [1.82, 2.24) is 0 Å². The second-order valence-corrected chi connectivity index (χ2v) is 17.6. The lowest BCUT2D eigenvalue weighted by atomic mass is 9.33. The van der Waals surface area contributed by atoms with Crippen LogP contribution in [0.4, 0.5) is 0 Å². The van der Waals surface area contributed by atoms with Crippen molar-refractivity contribution < 1.29 is 60.2 Å². The Morgan fingerprint density at radius 3 is 2.25 bits per heavy atom. The molecule has 6 rings (SSSR count). The molecule has 0 amide bonds. The van der Waals surface area contributed by atoms with E-state index in [-0.39, 0.29) is 35.2 Å². The van der Waals surface area contributed by atoms with Crippen molar-refractivity contribution in [1.29, 1.82) is 0 Å². The van der Waals surface area contributed by atoms with E-state index in [0.29, 0.717) is 38.5 Å². The van der Waals surface area contributed by atoms with Gasteiger partial charge in [0, 0.05) is 11.3 Å². The van der Waals surface area contributed by atoms with Gasteiger partial charge >= 0.3 is 5.97 Å². The molecule has 6 aliphatic rings. The van der Waals surface area contributed by atoms with Gasteiger partial charge in [0.25, 0.3) is 0 Å². The maximum Gasteiger partial charge on any atom is 0.349 e. The largest absolute Gasteiger partial charge is 0.396 e. The summed E-state index contributed by atoms with van der Waals surface area (Å²) in [5.74, 6) is -1.32. The van der Waals surface area contributed by atoms with E-state index in [2.05, 4.69) is 26.8 Å². The van der Waals surface area contributed by atoms with Gasteiger partial charge in [0.15, 0.2) is 0 Å². The number of fused-ring (bicyclic) bond motifs is 7. The second-order valence-electron chi connectivity index (χ2n) is 17.6. The smallest absolute Gasteiger partial charge is 0.349 e. The Labute approximate surface area is 283 Å². The average molecular weight is 683 g/mol. The second kappa shape index (κ2) is 11.9. The predicted molar refractivity (Wildman–Crippen MR) is 170 cm³/mol. The van der Waals surface area contributed by atoms with E-state index in [1.165, 1.54) is 0 Å². The minimum Gasteiger partial charge on any atom is -0.396 e. The van der Waals surface area contributed by atoms with Crippen molar-refractivity contribution in [3.63, 3.8) is 0 Å². The molecule has 0 spiro atoms. The van der Waals surface area contributed by atoms with E-state index in [9.17, 15) is 45.6 Å². The van der Waals surface area contributed by atoms with Crippen LogP contribution >= 0.6 is 0 Å². The molecule has 1 aliphatic heterocycles. The number of rotatable bonds is 5. The van der Waals surface area contributed by atoms with Gasteiger partial charge in [-0.15, -0.1) is 4.89 Å². The Bertz CT molecular complexity index is 1290. The van der Waals surface area contributed by atoms with Crippen LogP contribution in [0.1, 0.15) is 92.9 Å². The molecule has 0 aromatic rings. The molecule has 4 saturated carbocycles. The van der Waals surface area contributed by atoms with Crippen LogP contribution in [0.15, 0.2) is 11.6 Å². The lowest BCUT2D eigenvalue weighted by molar-refractivity contribution is -0.409. The summed E-state index contributed by atoms with van der Waals surface area (Å²) in [6.45, 7) is 11.6. The topological polar surface area (TPSA) is 207 Å². The van der Waals surface area contributed by atoms with E-state index in [4.69, 9.17) is 14.5 Å². The van der Waals surface area contributed by atoms with Crippen LogP contribution in [0, 0.1) is 50.7 Å². The first kappa shape index (κ1) is 36.6. The van der Waals surface area contributed by atoms with Crippen LogP contribution in [-0.4, -0.2) is 109 Å². The highest BCUT2D eigenvalue weighted by atomic mass is 17.2. The predicted octanol–water partition coefficient (Wildman–Crippen LogP) is 1.34. The molecule has 5 fully saturated rings. The summed E-state index contributed by atoms with van der Waals surface area (Å²) in [5, 5.41) is 85.5. The fraction of sp³-hybridized carbons (Fsp3) is 0.917. The number of ether oxygens (including phenoxy) is 1. The lowest BCUT2D eigenvalue weighted by Gasteiger charge is -2.72. The zero-order chi connectivity index (χ0) is 35.4. The summed E-state index contributed by atoms with van der Waals surface area (Å²) >= 11 is 0. The van der Waals surface area contributed by atoms with Crippen molar-refractivity contribution in [2.75, 3.05) is 13.2 Å². The van der Waals surface area contributed by atoms with E-state index in [1.807, 2.05) is 13.8 Å². The molecule has 8 N–H and O–H groups in total. The molecular weight excluding hydrogens is 624 g/mol. The van der Waals surface area contributed by atoms with Crippen molar-refractivity contribution in [2.24, 2.45) is 50.7 Å². The van der Waals surface area contributed by atoms with Crippen LogP contribution in [0.2, 0.25) is 0 Å². The zero-order valence-electron chi connectivity index (χ0n) is 29.2. The van der Waals surface area contributed by atoms with E-state index >= 15 is 0 Å². The quantitative estimate of drug-likeness (QED) is 0.118. The number of aliphatic hydroxyl groups excluding tert-OH is 7. The fourth-order valence-electron chi connectivity index (χ4n) is 12.3. The van der Waals surface area contributed by atoms with Gasteiger partial charge in [-0.05, 0) is 92.3 Å². The van der Waals surface area contributed by atoms with E-state index in [1.54, 1.807) is 6.92 Å². The molecule has 0 aromatic carbocycles. The molecule has 5 unspecified atom stereocenters. The van der Waals surface area contributed by atoms with Crippen molar-refractivity contribution in [3.8, 4) is 0 Å². The van der Waals surface area contributed by atoms with Crippen LogP contribution in [0.3, 0.4) is 0 Å². The van der Waals surface area contributed by atoms with Gasteiger partial charge in [0.05, 0.1) is 36.4 Å². The summed E-state index contributed by atoms with van der Waals surface area (Å²) in [6, 6.07) is 0. The highest BCUT2D eigenvalue weighted by Gasteiger charge is 2.72. The van der Waals surface area contributed by atoms with E-state index < -0.39 is 83.3 Å². The number of hydrogen-bond acceptors (Lipinski definition) is 12. The molecule has 48 heavy (non-hydrogen) atoms. The minimum atomic E-state index is -1.74. The van der Waals surface area contributed by atoms with Gasteiger partial charge in [-0.1, -0.05) is 46.3 Å². The van der Waals surface area contributed by atoms with Crippen molar-refractivity contribution in [2.45, 2.75) is 141 Å². The number of carbonyl (C=O) groups is 1. The van der Waals surface area contributed by atoms with Gasteiger partial charge in [0.2, 0.25) is 6.29 Å². The standard InChI is InChI=1S/C36H58O12/c1-18-9-12-36(30(44)48-47-29-26(42)25(41)24(40)21(16-37)46-29)14-13-33(4)19(27(36)35(18,6)45)7-8-23-31(2)15-20(39)28(43)32(3,17-38)22(31)10-11-34(23,33)5/h7,18,20-29,37-43,45H,8-17H2,1-6H3/t18-,20?,21-,22?,23-,24-,25+,26-,27-,28?,29?,31+,32?,33-,34-,35-,36+/m1/s1. The van der Waals surface area contributed by atoms with Crippen molar-refractivity contribution >= 4 is 5.97 Å². The average Bonchev–Trinajstić information content (AvgIpc) is 3.04. The molecule has 0 aromatic heterocycles. The lowest BCUT2D eigenvalue weighted by Crippen LogP contribution is -2.69. The highest BCUT2D eigenvalue weighted by molar-refractivity contribution is 5.78. The number of aliphatic hydroxyl groups is 8. The van der Waals surface area contributed by atoms with Crippen LogP contribution < -0.4 is 0 Å². The molecule has 12 nitrogen and oxygen atoms in total. The summed E-state index contributed by atoms with van der Waals surface area (Å²) < 4.78 is 5.40. The van der Waals surface area contributed by atoms with Gasteiger partial charge in [-0.2, -0.15) is 0 Å². The molecule has 17 atom stereocenters. The Morgan fingerprint density at radius 1 is 0.917 bits per heavy atom. The molecule has 0 radical (unpaired) electrons. The summed E-state index contributed by atoms with van der Waals surface area (Å²) in [6.07, 6.45) is -2.92. The maximum atomic E-state index is 14.3. The summed E-state index contributed by atoms with van der Waals surface area (Å²) in [7, 11) is 0. The number of hydrogen-bond donors (Lipinski definition) is 8. The maximum absolute atomic E-state index is 14.3. The molecule has 12 heteroatoms. The highest BCUT2D eigenvalue weighted by Crippen LogP contribution is 2.76. The summed E-state index contributed by atoms with van der Waals surface area (Å²) in [4.78, 5) is 25.0. The van der Waals surface area contributed by atoms with Crippen LogP contribution in [0.25, 0.3) is 0 Å². The first-order chi connectivity index (χ1) is 22.3. The third-order valence-electron chi connectivity index (χ3n) is 15.6. The Kier molecular flexibility index (Phi) is 9.10. The van der Waals surface area contributed by atoms with Gasteiger partial charge in [0.1, 0.15) is 24.4 Å². The molecule has 274 valence electrons. The SMILES string of the molecule is C[C@@H]1CC[C@]2(C(=O)OOC3O[C@H](CO)[C@@H](O)[C@H](O)[C@H]3O)CC[C@]3(C)C(=CC[C@@H]4[C@@]5(C)CC(O)C(O)C(C)(CO)C5CC[C@]43C)[C@@H]2[C@]1(C)O.